The lowest BCUT2D eigenvalue weighted by molar-refractivity contribution is -0.213. The number of nitrogens with one attached hydrogen (secondary N) is 4. The molecule has 4 heterocycles. The Morgan fingerprint density at radius 3 is 2.28 bits per heavy atom. The summed E-state index contributed by atoms with van der Waals surface area (Å²) in [5.41, 5.74) is 6.20. The molecule has 2 fully saturated rings. The summed E-state index contributed by atoms with van der Waals surface area (Å²) in [6.07, 6.45) is -3.13. The molecule has 342 valence electrons. The molecule has 24 heteroatoms. The lowest BCUT2D eigenvalue weighted by Gasteiger charge is -2.50. The predicted molar refractivity (Wildman–Crippen MR) is 233 cm³/mol. The molecule has 0 aliphatic carbocycles. The number of piperidine rings is 1. The first-order valence-corrected chi connectivity index (χ1v) is 20.8. The number of rotatable bonds is 13. The van der Waals surface area contributed by atoms with Gasteiger partial charge in [-0.25, -0.2) is 9.97 Å². The van der Waals surface area contributed by atoms with Gasteiger partial charge in [0.05, 0.1) is 11.1 Å². The summed E-state index contributed by atoms with van der Waals surface area (Å²) in [4.78, 5) is 46.0. The first-order valence-electron chi connectivity index (χ1n) is 19.2. The second-order valence-electron chi connectivity index (χ2n) is 12.1. The molecule has 1 amide bonds. The van der Waals surface area contributed by atoms with Crippen LogP contribution in [0.5, 0.6) is 5.75 Å². The van der Waals surface area contributed by atoms with E-state index in [0.29, 0.717) is 25.0 Å². The molecule has 2 aliphatic rings. The topological polar surface area (TPSA) is 277 Å². The van der Waals surface area contributed by atoms with E-state index in [1.807, 2.05) is 79.7 Å². The van der Waals surface area contributed by atoms with E-state index >= 15 is 0 Å². The van der Waals surface area contributed by atoms with Gasteiger partial charge >= 0.3 is 6.18 Å². The summed E-state index contributed by atoms with van der Waals surface area (Å²) in [6.45, 7) is 18.1. The minimum atomic E-state index is -4.64. The molecular weight excluding hydrogens is 846 g/mol. The average molecular weight is 905 g/mol. The van der Waals surface area contributed by atoms with Gasteiger partial charge in [-0.1, -0.05) is 51.9 Å². The number of likely N-dealkylation sites (N-methyl/N-ethyl adjacent to an activating group) is 1. The Balaban J connectivity index is 0.00000118. The third-order valence-electron chi connectivity index (χ3n) is 7.87. The van der Waals surface area contributed by atoms with Crippen LogP contribution in [0.1, 0.15) is 80.8 Å². The van der Waals surface area contributed by atoms with Gasteiger partial charge in [-0.15, -0.1) is 16.5 Å². The Morgan fingerprint density at radius 1 is 1.16 bits per heavy atom. The molecule has 0 spiro atoms. The van der Waals surface area contributed by atoms with Crippen molar-refractivity contribution in [2.75, 3.05) is 37.8 Å². The summed E-state index contributed by atoms with van der Waals surface area (Å²) in [5.74, 6) is 4.19. The first-order chi connectivity index (χ1) is 29.0. The number of anilines is 2. The Kier molecular flexibility index (Phi) is 26.9. The number of hydrogen-bond acceptors (Lipinski definition) is 18. The maximum atomic E-state index is 11.4. The number of carbonyl (C=O) groups excluding carboxylic acids is 3. The SMILES string of the molecule is CC.CC.CC.CC(=O)C(F)(F)F.CN[C@@H]1C(=O)N(OSO)C1(C)C.N=C(N=NN)C(COc1ccc2nc(NC3CCNCC3)ccc2c1)O/N=C(\C=O)c1csc(N)n1. The number of benzene rings is 1. The van der Waals surface area contributed by atoms with Crippen LogP contribution in [0, 0.1) is 5.41 Å². The molecule has 2 aromatic heterocycles. The van der Waals surface area contributed by atoms with Crippen LogP contribution in [0.3, 0.4) is 0 Å². The van der Waals surface area contributed by atoms with Crippen LogP contribution in [-0.4, -0.2) is 106 Å². The van der Waals surface area contributed by atoms with Crippen LogP contribution in [0.2, 0.25) is 0 Å². The largest absolute Gasteiger partial charge is 0.489 e. The number of amidine groups is 1. The number of oxime groups is 1. The number of amides is 1. The third-order valence-corrected chi connectivity index (χ3v) is 8.76. The van der Waals surface area contributed by atoms with Crippen LogP contribution in [-0.2, 0) is 23.5 Å². The highest BCUT2D eigenvalue weighted by Gasteiger charge is 2.55. The second-order valence-corrected chi connectivity index (χ2v) is 13.3. The Morgan fingerprint density at radius 2 is 1.79 bits per heavy atom. The molecule has 1 unspecified atom stereocenters. The number of aromatic nitrogens is 2. The number of nitrogens with zero attached hydrogens (tertiary/aromatic N) is 6. The second kappa shape index (κ2) is 29.3. The van der Waals surface area contributed by atoms with E-state index in [0.717, 1.165) is 59.1 Å². The highest BCUT2D eigenvalue weighted by atomic mass is 32.2. The maximum Gasteiger partial charge on any atom is 0.449 e. The van der Waals surface area contributed by atoms with E-state index in [4.69, 9.17) is 36.1 Å². The minimum Gasteiger partial charge on any atom is -0.489 e. The standard InChI is InChI=1S/C22H26N10O3S.C6H12N2O3S.C3H3F3O.3C2H6/c23-21(30-32-25)19(35-31-17(10-33)18-12-36-22(24)29-18)11-34-15-2-3-16-13(9-15)1-4-20(28-16)27-14-5-7-26-8-6-14;1-6(2)4(7-3)5(9)8(6)11-12-10;1-2(7)3(4,5)6;3*1-2/h1-4,9-10,12,14,19,26H,5-8,11H2,(H2,24,29)(H,27,28)(H3,23,25,30);4,7,10H,1-3H3;1H3;3*1-2H3/b31-17+;;;;;/t;4-;;;;/m.1..../s1. The van der Waals surface area contributed by atoms with Gasteiger partial charge < -0.3 is 41.7 Å². The van der Waals surface area contributed by atoms with Crippen molar-refractivity contribution in [2.45, 2.75) is 105 Å². The number of Topliss-reactive ketones (excluding diaryl/α,β-unsaturated/α-hetero) is 1. The van der Waals surface area contributed by atoms with Crippen molar-refractivity contribution in [1.82, 2.24) is 25.7 Å². The quantitative estimate of drug-likeness (QED) is 0.0140. The molecule has 0 radical (unpaired) electrons. The molecule has 3 aromatic rings. The number of nitrogen functional groups attached to an aromatic ring is 1. The van der Waals surface area contributed by atoms with Crippen LogP contribution >= 0.6 is 23.7 Å². The van der Waals surface area contributed by atoms with E-state index in [-0.39, 0.29) is 53.3 Å². The number of aldehydes is 1. The monoisotopic (exact) mass is 904 g/mol. The van der Waals surface area contributed by atoms with Crippen molar-refractivity contribution in [3.8, 4) is 5.75 Å². The van der Waals surface area contributed by atoms with Gasteiger partial charge in [0.2, 0.25) is 11.9 Å². The normalized spacial score (nSPS) is 16.2. The van der Waals surface area contributed by atoms with Gasteiger partial charge in [-0.05, 0) is 77.2 Å². The number of carbonyl (C=O) groups is 3. The van der Waals surface area contributed by atoms with Crippen molar-refractivity contribution in [1.29, 1.82) is 5.41 Å². The molecule has 1 aromatic carbocycles. The van der Waals surface area contributed by atoms with Crippen LogP contribution in [0.15, 0.2) is 51.2 Å². The number of hydrogen-bond donors (Lipinski definition) is 7. The predicted octanol–water partition coefficient (Wildman–Crippen LogP) is 6.57. The molecule has 0 bridgehead atoms. The number of thiazole rings is 1. The zero-order chi connectivity index (χ0) is 46.8. The molecule has 2 saturated heterocycles. The molecule has 61 heavy (non-hydrogen) atoms. The van der Waals surface area contributed by atoms with Crippen molar-refractivity contribution in [3.63, 3.8) is 0 Å². The van der Waals surface area contributed by atoms with Crippen molar-refractivity contribution in [3.05, 3.63) is 41.4 Å². The van der Waals surface area contributed by atoms with Gasteiger partial charge in [0, 0.05) is 23.7 Å². The number of pyridine rings is 1. The lowest BCUT2D eigenvalue weighted by atomic mass is 9.85. The Hall–Kier alpha value is -5.01. The Labute approximate surface area is 362 Å². The molecule has 0 saturated carbocycles. The van der Waals surface area contributed by atoms with E-state index in [1.165, 1.54) is 0 Å². The number of β-lactam (4-membered cyclic amide) rings is 1. The summed E-state index contributed by atoms with van der Waals surface area (Å²) >= 11 is 1.34. The molecule has 2 aliphatic heterocycles. The smallest absolute Gasteiger partial charge is 0.449 e. The Bertz CT molecular complexity index is 1850. The van der Waals surface area contributed by atoms with Crippen molar-refractivity contribution >= 4 is 75.0 Å². The zero-order valence-corrected chi connectivity index (χ0v) is 37.6. The fourth-order valence-electron chi connectivity index (χ4n) is 4.96. The number of hydroxylamine groups is 2. The van der Waals surface area contributed by atoms with Crippen LogP contribution in [0.4, 0.5) is 24.1 Å². The first kappa shape index (κ1) is 56.0. The summed E-state index contributed by atoms with van der Waals surface area (Å²) < 4.78 is 51.4. The minimum absolute atomic E-state index is 0.0869. The van der Waals surface area contributed by atoms with Crippen molar-refractivity contribution < 1.29 is 46.0 Å². The fraction of sp³-hybridized carbons (Fsp3) is 0.541. The molecule has 5 rings (SSSR count). The van der Waals surface area contributed by atoms with E-state index in [1.54, 1.807) is 18.5 Å². The van der Waals surface area contributed by atoms with Gasteiger partial charge in [-0.3, -0.25) is 19.8 Å². The number of ketones is 1. The molecule has 2 atom stereocenters. The highest BCUT2D eigenvalue weighted by molar-refractivity contribution is 7.88. The highest BCUT2D eigenvalue weighted by Crippen LogP contribution is 2.33. The van der Waals surface area contributed by atoms with Gasteiger partial charge in [0.25, 0.3) is 5.91 Å². The summed E-state index contributed by atoms with van der Waals surface area (Å²) in [6, 6.07) is 9.55. The van der Waals surface area contributed by atoms with Gasteiger partial charge in [0.15, 0.2) is 35.3 Å². The molecular formula is C37H59F3N12O7S2. The van der Waals surface area contributed by atoms with Crippen molar-refractivity contribution in [2.24, 2.45) is 21.3 Å². The number of alkyl halides is 3. The average Bonchev–Trinajstić information content (AvgIpc) is 3.69. The number of ether oxygens (including phenoxy) is 1. The van der Waals surface area contributed by atoms with E-state index in [9.17, 15) is 27.6 Å². The molecule has 9 N–H and O–H groups in total. The van der Waals surface area contributed by atoms with Crippen LogP contribution in [0.25, 0.3) is 10.9 Å². The van der Waals surface area contributed by atoms with E-state index in [2.05, 4.69) is 40.7 Å². The van der Waals surface area contributed by atoms with Crippen LogP contribution < -0.4 is 32.3 Å². The lowest BCUT2D eigenvalue weighted by Crippen LogP contribution is -2.74. The summed E-state index contributed by atoms with van der Waals surface area (Å²) in [5, 5.41) is 32.0. The number of halogens is 3. The van der Waals surface area contributed by atoms with Gasteiger partial charge in [-0.2, -0.15) is 22.5 Å². The molecule has 19 nitrogen and oxygen atoms in total. The zero-order valence-electron chi connectivity index (χ0n) is 36.0. The summed E-state index contributed by atoms with van der Waals surface area (Å²) in [7, 11) is 1.72. The maximum absolute atomic E-state index is 11.4. The number of fused-ring (bicyclic) bond motifs is 1. The third kappa shape index (κ3) is 18.2. The fourth-order valence-corrected chi connectivity index (χ4v) is 5.85. The number of nitrogens with two attached hydrogens (primary N) is 2. The van der Waals surface area contributed by atoms with E-state index < -0.39 is 23.6 Å². The van der Waals surface area contributed by atoms with Gasteiger partial charge in [0.1, 0.15) is 29.9 Å².